The Balaban J connectivity index is 1.52. The van der Waals surface area contributed by atoms with Gasteiger partial charge in [0.1, 0.15) is 10.0 Å². The summed E-state index contributed by atoms with van der Waals surface area (Å²) < 4.78 is 5.28. The van der Waals surface area contributed by atoms with Gasteiger partial charge < -0.3 is 10.1 Å². The molecule has 2 aromatic heterocycles. The van der Waals surface area contributed by atoms with Gasteiger partial charge in [-0.05, 0) is 37.7 Å². The fourth-order valence-corrected chi connectivity index (χ4v) is 5.94. The largest absolute Gasteiger partial charge is 0.462 e. The van der Waals surface area contributed by atoms with Crippen LogP contribution in [-0.4, -0.2) is 23.5 Å². The van der Waals surface area contributed by atoms with Crippen molar-refractivity contribution in [3.05, 3.63) is 57.4 Å². The average Bonchev–Trinajstić information content (AvgIpc) is 3.32. The number of nitrogens with one attached hydrogen (secondary N) is 1. The Morgan fingerprint density at radius 3 is 2.83 bits per heavy atom. The number of fused-ring (bicyclic) bond motifs is 1. The van der Waals surface area contributed by atoms with Crippen molar-refractivity contribution in [1.82, 2.24) is 4.98 Å². The number of nitrogens with zero attached hydrogens (tertiary/aromatic N) is 1. The third kappa shape index (κ3) is 4.47. The van der Waals surface area contributed by atoms with Crippen LogP contribution in [0.25, 0.3) is 10.6 Å². The molecule has 1 aliphatic rings. The summed E-state index contributed by atoms with van der Waals surface area (Å²) in [6.45, 7) is 4.33. The standard InChI is InChI=1S/C23H24N2O3S2/c1-3-28-23(27)20-17-10-9-14(2)11-18(17)30-22(20)25-19(26)12-16-13-29-21(24-16)15-7-5-4-6-8-15/h4-8,13-14H,3,9-12H2,1-2H3,(H,25,26)/t14-/m1/s1. The fourth-order valence-electron chi connectivity index (χ4n) is 3.69. The molecule has 1 amide bonds. The number of hydrogen-bond donors (Lipinski definition) is 1. The van der Waals surface area contributed by atoms with Gasteiger partial charge in [-0.3, -0.25) is 4.79 Å². The predicted molar refractivity (Wildman–Crippen MR) is 121 cm³/mol. The smallest absolute Gasteiger partial charge is 0.341 e. The number of anilines is 1. The zero-order valence-electron chi connectivity index (χ0n) is 17.1. The molecule has 0 bridgehead atoms. The molecule has 0 saturated heterocycles. The van der Waals surface area contributed by atoms with E-state index in [1.54, 1.807) is 6.92 Å². The molecule has 1 N–H and O–H groups in total. The van der Waals surface area contributed by atoms with Crippen molar-refractivity contribution in [2.75, 3.05) is 11.9 Å². The maximum atomic E-state index is 12.7. The molecule has 1 aromatic carbocycles. The van der Waals surface area contributed by atoms with Crippen molar-refractivity contribution in [3.63, 3.8) is 0 Å². The molecule has 7 heteroatoms. The molecule has 3 aromatic rings. The normalized spacial score (nSPS) is 15.5. The Kier molecular flexibility index (Phi) is 6.29. The molecule has 1 atom stereocenters. The van der Waals surface area contributed by atoms with Crippen LogP contribution < -0.4 is 5.32 Å². The summed E-state index contributed by atoms with van der Waals surface area (Å²) in [4.78, 5) is 31.1. The van der Waals surface area contributed by atoms with Gasteiger partial charge >= 0.3 is 5.97 Å². The number of thiazole rings is 1. The Bertz CT molecular complexity index is 1060. The van der Waals surface area contributed by atoms with Crippen LogP contribution in [0.3, 0.4) is 0 Å². The lowest BCUT2D eigenvalue weighted by Gasteiger charge is -2.18. The van der Waals surface area contributed by atoms with E-state index in [0.29, 0.717) is 23.1 Å². The van der Waals surface area contributed by atoms with Crippen molar-refractivity contribution in [3.8, 4) is 10.6 Å². The van der Waals surface area contributed by atoms with Crippen LogP contribution in [0.15, 0.2) is 35.7 Å². The van der Waals surface area contributed by atoms with Crippen LogP contribution in [-0.2, 0) is 28.8 Å². The lowest BCUT2D eigenvalue weighted by atomic mass is 9.88. The van der Waals surface area contributed by atoms with Gasteiger partial charge in [0.15, 0.2) is 0 Å². The number of carbonyl (C=O) groups is 2. The first-order valence-corrected chi connectivity index (χ1v) is 11.9. The van der Waals surface area contributed by atoms with Crippen molar-refractivity contribution >= 4 is 39.6 Å². The van der Waals surface area contributed by atoms with Crippen molar-refractivity contribution in [1.29, 1.82) is 0 Å². The second-order valence-electron chi connectivity index (χ2n) is 7.51. The number of benzene rings is 1. The highest BCUT2D eigenvalue weighted by Gasteiger charge is 2.29. The molecule has 30 heavy (non-hydrogen) atoms. The molecule has 2 heterocycles. The summed E-state index contributed by atoms with van der Waals surface area (Å²) in [6, 6.07) is 9.92. The number of hydrogen-bond acceptors (Lipinski definition) is 6. The SMILES string of the molecule is CCOC(=O)c1c(NC(=O)Cc2csc(-c3ccccc3)n2)sc2c1CC[C@@H](C)C2. The lowest BCUT2D eigenvalue weighted by molar-refractivity contribution is -0.115. The van der Waals surface area contributed by atoms with E-state index >= 15 is 0 Å². The third-order valence-corrected chi connectivity index (χ3v) is 7.27. The maximum absolute atomic E-state index is 12.7. The van der Waals surface area contributed by atoms with E-state index in [9.17, 15) is 9.59 Å². The van der Waals surface area contributed by atoms with E-state index in [4.69, 9.17) is 4.74 Å². The second kappa shape index (κ2) is 9.10. The topological polar surface area (TPSA) is 68.3 Å². The quantitative estimate of drug-likeness (QED) is 0.524. The highest BCUT2D eigenvalue weighted by Crippen LogP contribution is 2.40. The highest BCUT2D eigenvalue weighted by molar-refractivity contribution is 7.17. The zero-order chi connectivity index (χ0) is 21.1. The number of amides is 1. The van der Waals surface area contributed by atoms with Crippen LogP contribution in [0.4, 0.5) is 5.00 Å². The van der Waals surface area contributed by atoms with Gasteiger partial charge in [-0.1, -0.05) is 37.3 Å². The number of carbonyl (C=O) groups excluding carboxylic acids is 2. The Hall–Kier alpha value is -2.51. The molecule has 4 rings (SSSR count). The van der Waals surface area contributed by atoms with Crippen LogP contribution >= 0.6 is 22.7 Å². The number of ether oxygens (including phenoxy) is 1. The van der Waals surface area contributed by atoms with Crippen molar-refractivity contribution in [2.24, 2.45) is 5.92 Å². The van der Waals surface area contributed by atoms with Gasteiger partial charge in [-0.15, -0.1) is 22.7 Å². The summed E-state index contributed by atoms with van der Waals surface area (Å²) in [7, 11) is 0. The summed E-state index contributed by atoms with van der Waals surface area (Å²) in [6.07, 6.45) is 3.01. The minimum Gasteiger partial charge on any atom is -0.462 e. The fraction of sp³-hybridized carbons (Fsp3) is 0.348. The van der Waals surface area contributed by atoms with Crippen molar-refractivity contribution < 1.29 is 14.3 Å². The molecule has 0 radical (unpaired) electrons. The number of aromatic nitrogens is 1. The van der Waals surface area contributed by atoms with Crippen molar-refractivity contribution in [2.45, 2.75) is 39.5 Å². The molecule has 0 unspecified atom stereocenters. The predicted octanol–water partition coefficient (Wildman–Crippen LogP) is 5.35. The van der Waals surface area contributed by atoms with Gasteiger partial charge in [0, 0.05) is 15.8 Å². The van der Waals surface area contributed by atoms with E-state index in [1.165, 1.54) is 27.6 Å². The monoisotopic (exact) mass is 440 g/mol. The number of rotatable bonds is 6. The number of thiophene rings is 1. The molecule has 0 saturated carbocycles. The summed E-state index contributed by atoms with van der Waals surface area (Å²) >= 11 is 3.04. The molecule has 5 nitrogen and oxygen atoms in total. The lowest BCUT2D eigenvalue weighted by Crippen LogP contribution is -2.18. The number of esters is 1. The summed E-state index contributed by atoms with van der Waals surface area (Å²) in [5.74, 6) is 0.0677. The third-order valence-electron chi connectivity index (χ3n) is 5.16. The molecule has 0 spiro atoms. The first-order chi connectivity index (χ1) is 14.5. The average molecular weight is 441 g/mol. The zero-order valence-corrected chi connectivity index (χ0v) is 18.7. The van der Waals surface area contributed by atoms with E-state index in [0.717, 1.165) is 41.1 Å². The molecular weight excluding hydrogens is 416 g/mol. The second-order valence-corrected chi connectivity index (χ2v) is 9.47. The van der Waals surface area contributed by atoms with Gasteiger partial charge in [-0.2, -0.15) is 0 Å². The highest BCUT2D eigenvalue weighted by atomic mass is 32.1. The molecule has 0 fully saturated rings. The van der Waals surface area contributed by atoms with E-state index < -0.39 is 0 Å². The Labute approximate surface area is 184 Å². The van der Waals surface area contributed by atoms with Crippen LogP contribution in [0.5, 0.6) is 0 Å². The van der Waals surface area contributed by atoms with E-state index in [2.05, 4.69) is 17.2 Å². The van der Waals surface area contributed by atoms with Gasteiger partial charge in [-0.25, -0.2) is 9.78 Å². The van der Waals surface area contributed by atoms with Crippen LogP contribution in [0.2, 0.25) is 0 Å². The molecule has 1 aliphatic carbocycles. The molecule has 156 valence electrons. The molecular formula is C23H24N2O3S2. The first kappa shape index (κ1) is 20.8. The summed E-state index contributed by atoms with van der Waals surface area (Å²) in [5.41, 5.74) is 3.36. The van der Waals surface area contributed by atoms with Crippen LogP contribution in [0, 0.1) is 5.92 Å². The van der Waals surface area contributed by atoms with Gasteiger partial charge in [0.05, 0.1) is 24.3 Å². The van der Waals surface area contributed by atoms with Gasteiger partial charge in [0.2, 0.25) is 5.91 Å². The molecule has 0 aliphatic heterocycles. The van der Waals surface area contributed by atoms with Crippen LogP contribution in [0.1, 0.15) is 46.8 Å². The Morgan fingerprint density at radius 2 is 2.07 bits per heavy atom. The minimum atomic E-state index is -0.347. The maximum Gasteiger partial charge on any atom is 0.341 e. The van der Waals surface area contributed by atoms with Gasteiger partial charge in [0.25, 0.3) is 0 Å². The first-order valence-electron chi connectivity index (χ1n) is 10.2. The minimum absolute atomic E-state index is 0.169. The van der Waals surface area contributed by atoms with E-state index in [1.807, 2.05) is 35.7 Å². The Morgan fingerprint density at radius 1 is 1.27 bits per heavy atom. The summed E-state index contributed by atoms with van der Waals surface area (Å²) in [5, 5.41) is 6.38. The van der Waals surface area contributed by atoms with E-state index in [-0.39, 0.29) is 18.3 Å².